The van der Waals surface area contributed by atoms with Crippen molar-refractivity contribution in [1.29, 1.82) is 0 Å². The van der Waals surface area contributed by atoms with E-state index in [1.165, 1.54) is 12.1 Å². The Hall–Kier alpha value is -4.07. The second-order valence-corrected chi connectivity index (χ2v) is 6.42. The number of amides is 2. The van der Waals surface area contributed by atoms with E-state index in [9.17, 15) is 14.4 Å². The van der Waals surface area contributed by atoms with Crippen molar-refractivity contribution < 1.29 is 18.7 Å². The molecule has 0 saturated heterocycles. The highest BCUT2D eigenvalue weighted by atomic mass is 16.5. The minimum atomic E-state index is -0.534. The van der Waals surface area contributed by atoms with E-state index >= 15 is 0 Å². The first-order valence-corrected chi connectivity index (χ1v) is 8.81. The highest BCUT2D eigenvalue weighted by molar-refractivity contribution is 6.07. The van der Waals surface area contributed by atoms with Crippen LogP contribution in [0.2, 0.25) is 0 Å². The van der Waals surface area contributed by atoms with Crippen molar-refractivity contribution in [3.8, 4) is 5.75 Å². The van der Waals surface area contributed by atoms with Crippen LogP contribution in [0.1, 0.15) is 10.4 Å². The summed E-state index contributed by atoms with van der Waals surface area (Å²) in [7, 11) is 1.84. The van der Waals surface area contributed by atoms with Gasteiger partial charge < -0.3 is 13.7 Å². The standard InChI is InChI=1S/C21H17N3O5/c1-24-11-16(15-4-2-3-5-17(15)24)21(27)23-22-19(25)12-28-14-8-6-13-7-9-20(26)29-18(13)10-14/h2-11H,12H2,1H3,(H,22,25)(H,23,27). The van der Waals surface area contributed by atoms with Crippen molar-refractivity contribution >= 4 is 33.7 Å². The van der Waals surface area contributed by atoms with Gasteiger partial charge in [0.25, 0.3) is 11.8 Å². The lowest BCUT2D eigenvalue weighted by Gasteiger charge is -2.09. The lowest BCUT2D eigenvalue weighted by molar-refractivity contribution is -0.123. The van der Waals surface area contributed by atoms with Gasteiger partial charge in [0.1, 0.15) is 11.3 Å². The van der Waals surface area contributed by atoms with Crippen molar-refractivity contribution in [3.63, 3.8) is 0 Å². The first-order valence-electron chi connectivity index (χ1n) is 8.81. The zero-order valence-corrected chi connectivity index (χ0v) is 15.5. The average molecular weight is 391 g/mol. The predicted octanol–water partition coefficient (Wildman–Crippen LogP) is 2.12. The van der Waals surface area contributed by atoms with Crippen LogP contribution in [0.25, 0.3) is 21.9 Å². The Bertz CT molecular complexity index is 1290. The predicted molar refractivity (Wildman–Crippen MR) is 107 cm³/mol. The number of aryl methyl sites for hydroxylation is 1. The molecule has 0 aliphatic carbocycles. The van der Waals surface area contributed by atoms with E-state index in [2.05, 4.69) is 10.9 Å². The topological polar surface area (TPSA) is 103 Å². The normalized spacial score (nSPS) is 10.8. The van der Waals surface area contributed by atoms with E-state index in [1.54, 1.807) is 24.4 Å². The molecule has 146 valence electrons. The van der Waals surface area contributed by atoms with Crippen LogP contribution < -0.4 is 21.2 Å². The second kappa shape index (κ2) is 7.51. The molecule has 4 rings (SSSR count). The van der Waals surface area contributed by atoms with E-state index in [1.807, 2.05) is 35.9 Å². The number of carbonyl (C=O) groups excluding carboxylic acids is 2. The molecule has 0 aliphatic rings. The largest absolute Gasteiger partial charge is 0.484 e. The SMILES string of the molecule is Cn1cc(C(=O)NNC(=O)COc2ccc3ccc(=O)oc3c2)c2ccccc21. The maximum absolute atomic E-state index is 12.4. The molecule has 4 aromatic rings. The van der Waals surface area contributed by atoms with E-state index in [-0.39, 0.29) is 6.61 Å². The lowest BCUT2D eigenvalue weighted by Crippen LogP contribution is -2.43. The highest BCUT2D eigenvalue weighted by Gasteiger charge is 2.14. The van der Waals surface area contributed by atoms with Crippen molar-refractivity contribution in [2.24, 2.45) is 7.05 Å². The summed E-state index contributed by atoms with van der Waals surface area (Å²) in [6, 6.07) is 15.3. The van der Waals surface area contributed by atoms with Gasteiger partial charge in [-0.05, 0) is 24.3 Å². The Labute approximate surface area is 164 Å². The number of benzene rings is 2. The fraction of sp³-hybridized carbons (Fsp3) is 0.0952. The van der Waals surface area contributed by atoms with Crippen LogP contribution in [0.15, 0.2) is 70.0 Å². The molecule has 0 bridgehead atoms. The molecule has 2 amide bonds. The first kappa shape index (κ1) is 18.3. The fourth-order valence-corrected chi connectivity index (χ4v) is 3.03. The Balaban J connectivity index is 1.36. The first-order chi connectivity index (χ1) is 14.0. The molecule has 2 aromatic heterocycles. The third kappa shape index (κ3) is 3.81. The number of aromatic nitrogens is 1. The minimum Gasteiger partial charge on any atom is -0.484 e. The summed E-state index contributed by atoms with van der Waals surface area (Å²) in [6.07, 6.45) is 1.70. The van der Waals surface area contributed by atoms with Gasteiger partial charge in [0.2, 0.25) is 0 Å². The van der Waals surface area contributed by atoms with Crippen LogP contribution in [-0.2, 0) is 11.8 Å². The van der Waals surface area contributed by atoms with E-state index in [4.69, 9.17) is 9.15 Å². The van der Waals surface area contributed by atoms with Gasteiger partial charge in [-0.3, -0.25) is 20.4 Å². The van der Waals surface area contributed by atoms with Crippen LogP contribution in [-0.4, -0.2) is 23.0 Å². The molecule has 2 N–H and O–H groups in total. The van der Waals surface area contributed by atoms with Crippen LogP contribution in [0, 0.1) is 0 Å². The van der Waals surface area contributed by atoms with Gasteiger partial charge in [0, 0.05) is 41.7 Å². The van der Waals surface area contributed by atoms with Crippen molar-refractivity contribution in [2.45, 2.75) is 0 Å². The molecular weight excluding hydrogens is 374 g/mol. The molecule has 0 saturated carbocycles. The third-order valence-corrected chi connectivity index (χ3v) is 4.42. The van der Waals surface area contributed by atoms with Gasteiger partial charge in [-0.15, -0.1) is 0 Å². The van der Waals surface area contributed by atoms with E-state index in [0.29, 0.717) is 16.9 Å². The number of nitrogens with one attached hydrogen (secondary N) is 2. The molecule has 0 fully saturated rings. The smallest absolute Gasteiger partial charge is 0.336 e. The van der Waals surface area contributed by atoms with Crippen molar-refractivity contribution in [1.82, 2.24) is 15.4 Å². The van der Waals surface area contributed by atoms with Gasteiger partial charge in [0.05, 0.1) is 5.56 Å². The maximum atomic E-state index is 12.4. The van der Waals surface area contributed by atoms with Crippen LogP contribution in [0.4, 0.5) is 0 Å². The number of para-hydroxylation sites is 1. The molecule has 0 atom stereocenters. The molecule has 2 heterocycles. The quantitative estimate of drug-likeness (QED) is 0.410. The number of ether oxygens (including phenoxy) is 1. The van der Waals surface area contributed by atoms with Crippen LogP contribution in [0.5, 0.6) is 5.75 Å². The molecule has 0 spiro atoms. The summed E-state index contributed by atoms with van der Waals surface area (Å²) in [4.78, 5) is 35.7. The second-order valence-electron chi connectivity index (χ2n) is 6.42. The summed E-state index contributed by atoms with van der Waals surface area (Å²) >= 11 is 0. The van der Waals surface area contributed by atoms with Gasteiger partial charge in [-0.2, -0.15) is 0 Å². The number of hydrogen-bond acceptors (Lipinski definition) is 5. The third-order valence-electron chi connectivity index (χ3n) is 4.42. The van der Waals surface area contributed by atoms with Gasteiger partial charge in [-0.1, -0.05) is 18.2 Å². The molecule has 0 radical (unpaired) electrons. The van der Waals surface area contributed by atoms with Gasteiger partial charge in [-0.25, -0.2) is 4.79 Å². The fourth-order valence-electron chi connectivity index (χ4n) is 3.03. The molecule has 0 aliphatic heterocycles. The molecule has 29 heavy (non-hydrogen) atoms. The zero-order chi connectivity index (χ0) is 20.4. The number of carbonyl (C=O) groups is 2. The maximum Gasteiger partial charge on any atom is 0.336 e. The zero-order valence-electron chi connectivity index (χ0n) is 15.5. The van der Waals surface area contributed by atoms with Gasteiger partial charge >= 0.3 is 5.63 Å². The lowest BCUT2D eigenvalue weighted by atomic mass is 10.2. The molecular formula is C21H17N3O5. The summed E-state index contributed by atoms with van der Waals surface area (Å²) in [5.74, 6) is -0.599. The molecule has 2 aromatic carbocycles. The summed E-state index contributed by atoms with van der Waals surface area (Å²) in [5.41, 5.74) is 5.97. The number of fused-ring (bicyclic) bond motifs is 2. The van der Waals surface area contributed by atoms with Crippen LogP contribution >= 0.6 is 0 Å². The average Bonchev–Trinajstić information content (AvgIpc) is 3.07. The Kier molecular flexibility index (Phi) is 4.74. The van der Waals surface area contributed by atoms with Crippen molar-refractivity contribution in [2.75, 3.05) is 6.61 Å². The molecule has 0 unspecified atom stereocenters. The molecule has 8 heteroatoms. The highest BCUT2D eigenvalue weighted by Crippen LogP contribution is 2.20. The monoisotopic (exact) mass is 391 g/mol. The van der Waals surface area contributed by atoms with Crippen molar-refractivity contribution in [3.05, 3.63) is 76.8 Å². The number of nitrogens with zero attached hydrogens (tertiary/aromatic N) is 1. The number of rotatable bonds is 4. The van der Waals surface area contributed by atoms with Crippen LogP contribution in [0.3, 0.4) is 0 Å². The summed E-state index contributed by atoms with van der Waals surface area (Å²) in [6.45, 7) is -0.321. The number of hydrazine groups is 1. The van der Waals surface area contributed by atoms with E-state index < -0.39 is 17.4 Å². The Morgan fingerprint density at radius 1 is 1.07 bits per heavy atom. The Morgan fingerprint density at radius 2 is 1.86 bits per heavy atom. The Morgan fingerprint density at radius 3 is 2.72 bits per heavy atom. The summed E-state index contributed by atoms with van der Waals surface area (Å²) in [5, 5.41) is 1.53. The number of hydrogen-bond donors (Lipinski definition) is 2. The van der Waals surface area contributed by atoms with E-state index in [0.717, 1.165) is 16.3 Å². The summed E-state index contributed by atoms with van der Waals surface area (Å²) < 4.78 is 12.3. The van der Waals surface area contributed by atoms with Gasteiger partial charge in [0.15, 0.2) is 6.61 Å². The minimum absolute atomic E-state index is 0.321. The molecule has 8 nitrogen and oxygen atoms in total.